The van der Waals surface area contributed by atoms with Gasteiger partial charge in [-0.3, -0.25) is 4.98 Å². The number of nitrogen functional groups attached to an aromatic ring is 1. The third kappa shape index (κ3) is 2.30. The number of nitrogens with two attached hydrogens (primary N) is 1. The molecule has 2 aromatic rings. The van der Waals surface area contributed by atoms with Gasteiger partial charge in [0.1, 0.15) is 5.03 Å². The molecule has 0 spiro atoms. The van der Waals surface area contributed by atoms with Gasteiger partial charge in [0.2, 0.25) is 0 Å². The SMILES string of the molecule is N#Cc1ccc(Sc2cnccn2)c(N)c1. The van der Waals surface area contributed by atoms with Gasteiger partial charge in [0.05, 0.1) is 17.8 Å². The number of anilines is 1. The minimum atomic E-state index is 0.556. The molecule has 0 aliphatic rings. The number of nitriles is 1. The van der Waals surface area contributed by atoms with Crippen molar-refractivity contribution >= 4 is 17.4 Å². The summed E-state index contributed by atoms with van der Waals surface area (Å²) in [4.78, 5) is 8.98. The Kier molecular flexibility index (Phi) is 3.03. The molecule has 0 unspecified atom stereocenters. The molecule has 5 heteroatoms. The lowest BCUT2D eigenvalue weighted by Crippen LogP contribution is -1.90. The van der Waals surface area contributed by atoms with E-state index in [0.29, 0.717) is 11.3 Å². The Labute approximate surface area is 97.1 Å². The first-order chi connectivity index (χ1) is 7.79. The third-order valence-corrected chi connectivity index (χ3v) is 2.90. The second kappa shape index (κ2) is 4.64. The third-order valence-electron chi connectivity index (χ3n) is 1.89. The predicted octanol–water partition coefficient (Wildman–Crippen LogP) is 2.08. The summed E-state index contributed by atoms with van der Waals surface area (Å²) in [5.74, 6) is 0. The molecule has 78 valence electrons. The van der Waals surface area contributed by atoms with Crippen molar-refractivity contribution in [1.29, 1.82) is 5.26 Å². The first-order valence-corrected chi connectivity index (χ1v) is 5.35. The molecule has 0 radical (unpaired) electrons. The molecule has 0 aliphatic heterocycles. The van der Waals surface area contributed by atoms with Crippen molar-refractivity contribution in [1.82, 2.24) is 9.97 Å². The topological polar surface area (TPSA) is 75.6 Å². The quantitative estimate of drug-likeness (QED) is 0.796. The first-order valence-electron chi connectivity index (χ1n) is 4.53. The van der Waals surface area contributed by atoms with Crippen LogP contribution in [-0.2, 0) is 0 Å². The van der Waals surface area contributed by atoms with Gasteiger partial charge in [-0.1, -0.05) is 11.8 Å². The summed E-state index contributed by atoms with van der Waals surface area (Å²) in [6.45, 7) is 0. The van der Waals surface area contributed by atoms with E-state index in [9.17, 15) is 0 Å². The number of benzene rings is 1. The zero-order valence-corrected chi connectivity index (χ0v) is 9.11. The summed E-state index contributed by atoms with van der Waals surface area (Å²) in [7, 11) is 0. The van der Waals surface area contributed by atoms with Crippen molar-refractivity contribution in [3.63, 3.8) is 0 Å². The lowest BCUT2D eigenvalue weighted by atomic mass is 10.2. The minimum absolute atomic E-state index is 0.556. The Bertz CT molecular complexity index is 533. The van der Waals surface area contributed by atoms with E-state index in [1.54, 1.807) is 30.7 Å². The van der Waals surface area contributed by atoms with Gasteiger partial charge in [0, 0.05) is 23.0 Å². The van der Waals surface area contributed by atoms with Crippen LogP contribution in [0.4, 0.5) is 5.69 Å². The molecule has 2 rings (SSSR count). The molecular weight excluding hydrogens is 220 g/mol. The van der Waals surface area contributed by atoms with Gasteiger partial charge in [-0.2, -0.15) is 5.26 Å². The highest BCUT2D eigenvalue weighted by Gasteiger charge is 2.03. The van der Waals surface area contributed by atoms with Crippen LogP contribution in [-0.4, -0.2) is 9.97 Å². The lowest BCUT2D eigenvalue weighted by molar-refractivity contribution is 1.05. The Morgan fingerprint density at radius 2 is 2.19 bits per heavy atom. The Balaban J connectivity index is 2.27. The fourth-order valence-corrected chi connectivity index (χ4v) is 1.93. The number of nitrogens with zero attached hydrogens (tertiary/aromatic N) is 3. The maximum atomic E-state index is 8.71. The maximum absolute atomic E-state index is 8.71. The predicted molar refractivity (Wildman–Crippen MR) is 61.7 cm³/mol. The molecular formula is C11H8N4S. The van der Waals surface area contributed by atoms with Crippen LogP contribution in [0.5, 0.6) is 0 Å². The lowest BCUT2D eigenvalue weighted by Gasteiger charge is -2.04. The van der Waals surface area contributed by atoms with Crippen molar-refractivity contribution in [3.05, 3.63) is 42.4 Å². The van der Waals surface area contributed by atoms with E-state index in [1.165, 1.54) is 11.8 Å². The highest BCUT2D eigenvalue weighted by molar-refractivity contribution is 7.99. The maximum Gasteiger partial charge on any atom is 0.119 e. The molecule has 0 aliphatic carbocycles. The van der Waals surface area contributed by atoms with E-state index in [2.05, 4.69) is 9.97 Å². The largest absolute Gasteiger partial charge is 0.398 e. The van der Waals surface area contributed by atoms with Crippen LogP contribution in [0.3, 0.4) is 0 Å². The monoisotopic (exact) mass is 228 g/mol. The summed E-state index contributed by atoms with van der Waals surface area (Å²) in [5.41, 5.74) is 6.96. The van der Waals surface area contributed by atoms with Crippen molar-refractivity contribution in [2.24, 2.45) is 0 Å². The van der Waals surface area contributed by atoms with E-state index < -0.39 is 0 Å². The van der Waals surface area contributed by atoms with E-state index >= 15 is 0 Å². The van der Waals surface area contributed by atoms with Gasteiger partial charge < -0.3 is 5.73 Å². The molecule has 1 heterocycles. The molecule has 0 bridgehead atoms. The van der Waals surface area contributed by atoms with E-state index in [4.69, 9.17) is 11.0 Å². The van der Waals surface area contributed by atoms with Crippen molar-refractivity contribution in [3.8, 4) is 6.07 Å². The zero-order chi connectivity index (χ0) is 11.4. The molecule has 0 atom stereocenters. The van der Waals surface area contributed by atoms with Gasteiger partial charge >= 0.3 is 0 Å². The normalized spacial score (nSPS) is 9.69. The Hall–Kier alpha value is -2.06. The summed E-state index contributed by atoms with van der Waals surface area (Å²) < 4.78 is 0. The van der Waals surface area contributed by atoms with Gasteiger partial charge in [0.15, 0.2) is 0 Å². The van der Waals surface area contributed by atoms with Crippen LogP contribution >= 0.6 is 11.8 Å². The fraction of sp³-hybridized carbons (Fsp3) is 0. The summed E-state index contributed by atoms with van der Waals surface area (Å²) in [6.07, 6.45) is 4.91. The molecule has 0 fully saturated rings. The van der Waals surface area contributed by atoms with Gasteiger partial charge in [-0.15, -0.1) is 0 Å². The highest BCUT2D eigenvalue weighted by atomic mass is 32.2. The standard InChI is InChI=1S/C11H8N4S/c12-6-8-1-2-10(9(13)5-8)16-11-7-14-3-4-15-11/h1-5,7H,13H2. The number of hydrogen-bond acceptors (Lipinski definition) is 5. The second-order valence-corrected chi connectivity index (χ2v) is 4.07. The Morgan fingerprint density at radius 1 is 1.31 bits per heavy atom. The van der Waals surface area contributed by atoms with Crippen LogP contribution < -0.4 is 5.73 Å². The molecule has 16 heavy (non-hydrogen) atoms. The summed E-state index contributed by atoms with van der Waals surface area (Å²) in [6, 6.07) is 7.24. The van der Waals surface area contributed by atoms with Gasteiger partial charge in [0.25, 0.3) is 0 Å². The van der Waals surface area contributed by atoms with E-state index in [0.717, 1.165) is 9.92 Å². The second-order valence-electron chi connectivity index (χ2n) is 3.01. The van der Waals surface area contributed by atoms with Crippen LogP contribution in [0.2, 0.25) is 0 Å². The average molecular weight is 228 g/mol. The molecule has 4 nitrogen and oxygen atoms in total. The van der Waals surface area contributed by atoms with Gasteiger partial charge in [-0.25, -0.2) is 4.98 Å². The van der Waals surface area contributed by atoms with Crippen molar-refractivity contribution in [2.75, 3.05) is 5.73 Å². The molecule has 0 saturated heterocycles. The van der Waals surface area contributed by atoms with Crippen molar-refractivity contribution < 1.29 is 0 Å². The first kappa shape index (κ1) is 10.5. The molecule has 0 saturated carbocycles. The van der Waals surface area contributed by atoms with Crippen LogP contribution in [0.1, 0.15) is 5.56 Å². The van der Waals surface area contributed by atoms with Gasteiger partial charge in [-0.05, 0) is 18.2 Å². The average Bonchev–Trinajstić information content (AvgIpc) is 2.33. The van der Waals surface area contributed by atoms with Crippen molar-refractivity contribution in [2.45, 2.75) is 9.92 Å². The van der Waals surface area contributed by atoms with Crippen LogP contribution in [0.25, 0.3) is 0 Å². The Morgan fingerprint density at radius 3 is 2.81 bits per heavy atom. The molecule has 1 aromatic heterocycles. The smallest absolute Gasteiger partial charge is 0.119 e. The molecule has 0 amide bonds. The van der Waals surface area contributed by atoms with E-state index in [1.807, 2.05) is 12.1 Å². The molecule has 2 N–H and O–H groups in total. The summed E-state index contributed by atoms with van der Waals surface area (Å²) in [5, 5.41) is 9.48. The number of hydrogen-bond donors (Lipinski definition) is 1. The van der Waals surface area contributed by atoms with Crippen LogP contribution in [0.15, 0.2) is 46.7 Å². The highest BCUT2D eigenvalue weighted by Crippen LogP contribution is 2.30. The minimum Gasteiger partial charge on any atom is -0.398 e. The molecule has 1 aromatic carbocycles. The zero-order valence-electron chi connectivity index (χ0n) is 8.29. The van der Waals surface area contributed by atoms with E-state index in [-0.39, 0.29) is 0 Å². The number of rotatable bonds is 2. The fourth-order valence-electron chi connectivity index (χ4n) is 1.16. The summed E-state index contributed by atoms with van der Waals surface area (Å²) >= 11 is 1.43. The van der Waals surface area contributed by atoms with Crippen LogP contribution in [0, 0.1) is 11.3 Å². The number of aromatic nitrogens is 2.